The van der Waals surface area contributed by atoms with Gasteiger partial charge in [0.1, 0.15) is 0 Å². The van der Waals surface area contributed by atoms with Crippen LogP contribution in [0.1, 0.15) is 50.2 Å². The van der Waals surface area contributed by atoms with Gasteiger partial charge in [-0.2, -0.15) is 11.8 Å². The average molecular weight is 419 g/mol. The minimum atomic E-state index is 0.255. The van der Waals surface area contributed by atoms with Crippen molar-refractivity contribution < 1.29 is 4.74 Å². The molecule has 0 unspecified atom stereocenters. The first kappa shape index (κ1) is 22.4. The largest absolute Gasteiger partial charge is 0.381 e. The van der Waals surface area contributed by atoms with E-state index in [1.54, 1.807) is 0 Å². The Morgan fingerprint density at radius 3 is 2.41 bits per heavy atom. The molecule has 2 aliphatic rings. The number of benzene rings is 1. The molecule has 1 aromatic rings. The van der Waals surface area contributed by atoms with Crippen molar-refractivity contribution in [2.75, 3.05) is 45.6 Å². The molecule has 2 aliphatic heterocycles. The van der Waals surface area contributed by atoms with Gasteiger partial charge in [-0.25, -0.2) is 4.99 Å². The molecule has 5 nitrogen and oxygen atoms in total. The fourth-order valence-electron chi connectivity index (χ4n) is 4.08. The Balaban J connectivity index is 1.52. The van der Waals surface area contributed by atoms with Crippen molar-refractivity contribution in [1.82, 2.24) is 15.5 Å². The van der Waals surface area contributed by atoms with E-state index >= 15 is 0 Å². The molecule has 2 N–H and O–H groups in total. The van der Waals surface area contributed by atoms with Crippen LogP contribution in [0.2, 0.25) is 0 Å². The Hall–Kier alpha value is -1.24. The predicted octanol–water partition coefficient (Wildman–Crippen LogP) is 3.64. The number of hydrogen-bond acceptors (Lipinski definition) is 4. The lowest BCUT2D eigenvalue weighted by Crippen LogP contribution is -2.47. The summed E-state index contributed by atoms with van der Waals surface area (Å²) in [5.74, 6) is 0.907. The fourth-order valence-corrected chi connectivity index (χ4v) is 4.87. The van der Waals surface area contributed by atoms with E-state index in [-0.39, 0.29) is 4.75 Å². The lowest BCUT2D eigenvalue weighted by atomic mass is 9.99. The molecule has 0 radical (unpaired) electrons. The molecular weight excluding hydrogens is 380 g/mol. The third-order valence-electron chi connectivity index (χ3n) is 6.06. The monoisotopic (exact) mass is 418 g/mol. The van der Waals surface area contributed by atoms with E-state index in [9.17, 15) is 0 Å². The van der Waals surface area contributed by atoms with Crippen molar-refractivity contribution in [3.05, 3.63) is 35.4 Å². The number of nitrogens with zero attached hydrogens (tertiary/aromatic N) is 2. The van der Waals surface area contributed by atoms with Crippen molar-refractivity contribution >= 4 is 17.7 Å². The second-order valence-corrected chi connectivity index (χ2v) is 9.48. The highest BCUT2D eigenvalue weighted by Gasteiger charge is 2.31. The van der Waals surface area contributed by atoms with Gasteiger partial charge in [0.2, 0.25) is 0 Å². The second kappa shape index (κ2) is 11.8. The number of piperidine rings is 1. The molecule has 0 atom stereocenters. The molecule has 162 valence electrons. The summed E-state index contributed by atoms with van der Waals surface area (Å²) in [6.07, 6.45) is 8.48. The quantitative estimate of drug-likeness (QED) is 0.499. The van der Waals surface area contributed by atoms with Gasteiger partial charge >= 0.3 is 0 Å². The Labute approximate surface area is 181 Å². The van der Waals surface area contributed by atoms with Crippen LogP contribution in [-0.4, -0.2) is 61.3 Å². The number of aliphatic imine (C=N–C) groups is 1. The van der Waals surface area contributed by atoms with Crippen molar-refractivity contribution in [1.29, 1.82) is 0 Å². The third kappa shape index (κ3) is 7.19. The molecule has 0 aliphatic carbocycles. The number of likely N-dealkylation sites (tertiary alicyclic amines) is 1. The number of hydrogen-bond donors (Lipinski definition) is 2. The minimum absolute atomic E-state index is 0.255. The molecule has 0 bridgehead atoms. The fraction of sp³-hybridized carbons (Fsp3) is 0.696. The van der Waals surface area contributed by atoms with Crippen LogP contribution in [-0.2, 0) is 17.8 Å². The van der Waals surface area contributed by atoms with Crippen LogP contribution >= 0.6 is 11.8 Å². The maximum absolute atomic E-state index is 5.55. The van der Waals surface area contributed by atoms with E-state index in [1.165, 1.54) is 43.5 Å². The minimum Gasteiger partial charge on any atom is -0.381 e. The molecule has 29 heavy (non-hydrogen) atoms. The van der Waals surface area contributed by atoms with Crippen molar-refractivity contribution in [3.63, 3.8) is 0 Å². The van der Waals surface area contributed by atoms with E-state index < -0.39 is 0 Å². The average Bonchev–Trinajstić information content (AvgIpc) is 2.78. The molecule has 2 fully saturated rings. The van der Waals surface area contributed by atoms with Crippen molar-refractivity contribution in [3.8, 4) is 0 Å². The number of guanidine groups is 1. The van der Waals surface area contributed by atoms with Gasteiger partial charge in [-0.15, -0.1) is 0 Å². The van der Waals surface area contributed by atoms with Gasteiger partial charge in [-0.3, -0.25) is 4.90 Å². The topological polar surface area (TPSA) is 48.9 Å². The maximum atomic E-state index is 5.55. The highest BCUT2D eigenvalue weighted by molar-refractivity contribution is 8.00. The van der Waals surface area contributed by atoms with E-state index in [0.29, 0.717) is 6.54 Å². The predicted molar refractivity (Wildman–Crippen MR) is 125 cm³/mol. The van der Waals surface area contributed by atoms with Gasteiger partial charge in [-0.05, 0) is 63.1 Å². The van der Waals surface area contributed by atoms with Crippen LogP contribution in [0.25, 0.3) is 0 Å². The molecule has 6 heteroatoms. The zero-order chi connectivity index (χ0) is 20.4. The molecule has 2 saturated heterocycles. The van der Waals surface area contributed by atoms with E-state index in [1.807, 2.05) is 11.8 Å². The van der Waals surface area contributed by atoms with Gasteiger partial charge in [0.15, 0.2) is 5.96 Å². The summed E-state index contributed by atoms with van der Waals surface area (Å²) in [6.45, 7) is 9.91. The number of ether oxygens (including phenoxy) is 1. The van der Waals surface area contributed by atoms with E-state index in [2.05, 4.69) is 53.0 Å². The normalized spacial score (nSPS) is 20.4. The Kier molecular flexibility index (Phi) is 9.15. The highest BCUT2D eigenvalue weighted by Crippen LogP contribution is 2.32. The Morgan fingerprint density at radius 1 is 1.07 bits per heavy atom. The summed E-state index contributed by atoms with van der Waals surface area (Å²) < 4.78 is 5.81. The van der Waals surface area contributed by atoms with Crippen LogP contribution in [0.4, 0.5) is 0 Å². The van der Waals surface area contributed by atoms with Gasteiger partial charge < -0.3 is 15.4 Å². The number of nitrogens with one attached hydrogen (secondary N) is 2. The number of rotatable bonds is 8. The molecule has 0 saturated carbocycles. The molecule has 3 rings (SSSR count). The Morgan fingerprint density at radius 2 is 1.76 bits per heavy atom. The Bertz CT molecular complexity index is 622. The molecule has 2 heterocycles. The lowest BCUT2D eigenvalue weighted by molar-refractivity contribution is 0.0783. The standard InChI is InChI=1S/C23H38N4OS/c1-3-24-22(26-19-23(29-2)11-15-28-16-12-23)25-17-20-7-9-21(10-8-20)18-27-13-5-4-6-14-27/h7-10H,3-6,11-19H2,1-2H3,(H2,24,25,26). The summed E-state index contributed by atoms with van der Waals surface area (Å²) in [4.78, 5) is 7.39. The lowest BCUT2D eigenvalue weighted by Gasteiger charge is -2.36. The second-order valence-electron chi connectivity index (χ2n) is 8.20. The van der Waals surface area contributed by atoms with Gasteiger partial charge in [-0.1, -0.05) is 30.7 Å². The first-order valence-corrected chi connectivity index (χ1v) is 12.4. The first-order valence-electron chi connectivity index (χ1n) is 11.2. The van der Waals surface area contributed by atoms with Gasteiger partial charge in [0.05, 0.1) is 6.54 Å². The summed E-state index contributed by atoms with van der Waals surface area (Å²) in [7, 11) is 0. The summed E-state index contributed by atoms with van der Waals surface area (Å²) in [6, 6.07) is 9.00. The molecular formula is C23H38N4OS. The van der Waals surface area contributed by atoms with Crippen LogP contribution < -0.4 is 10.6 Å². The summed E-state index contributed by atoms with van der Waals surface area (Å²) >= 11 is 1.95. The van der Waals surface area contributed by atoms with Crippen LogP contribution in [0, 0.1) is 0 Å². The van der Waals surface area contributed by atoms with Crippen LogP contribution in [0.15, 0.2) is 29.3 Å². The molecule has 1 aromatic carbocycles. The molecule has 0 spiro atoms. The van der Waals surface area contributed by atoms with E-state index in [0.717, 1.165) is 51.6 Å². The van der Waals surface area contributed by atoms with Crippen molar-refractivity contribution in [2.45, 2.75) is 56.9 Å². The highest BCUT2D eigenvalue weighted by atomic mass is 32.2. The first-order chi connectivity index (χ1) is 14.2. The van der Waals surface area contributed by atoms with Gasteiger partial charge in [0.25, 0.3) is 0 Å². The van der Waals surface area contributed by atoms with Gasteiger partial charge in [0, 0.05) is 37.6 Å². The molecule has 0 aromatic heterocycles. The zero-order valence-electron chi connectivity index (χ0n) is 18.2. The zero-order valence-corrected chi connectivity index (χ0v) is 19.0. The SMILES string of the molecule is CCNC(=NCc1ccc(CN2CCCCC2)cc1)NCC1(SC)CCOCC1. The molecule has 0 amide bonds. The maximum Gasteiger partial charge on any atom is 0.191 e. The third-order valence-corrected chi connectivity index (χ3v) is 7.48. The summed E-state index contributed by atoms with van der Waals surface area (Å²) in [5, 5.41) is 6.96. The smallest absolute Gasteiger partial charge is 0.191 e. The van der Waals surface area contributed by atoms with E-state index in [4.69, 9.17) is 9.73 Å². The van der Waals surface area contributed by atoms with Crippen LogP contribution in [0.3, 0.4) is 0 Å². The number of thioether (sulfide) groups is 1. The summed E-state index contributed by atoms with van der Waals surface area (Å²) in [5.41, 5.74) is 2.67. The van der Waals surface area contributed by atoms with Crippen molar-refractivity contribution in [2.24, 2.45) is 4.99 Å². The van der Waals surface area contributed by atoms with Crippen LogP contribution in [0.5, 0.6) is 0 Å².